The van der Waals surface area contributed by atoms with Gasteiger partial charge in [0, 0.05) is 38.1 Å². The van der Waals surface area contributed by atoms with Crippen molar-refractivity contribution in [1.82, 2.24) is 9.80 Å². The van der Waals surface area contributed by atoms with Crippen molar-refractivity contribution >= 4 is 28.2 Å². The van der Waals surface area contributed by atoms with E-state index in [1.54, 1.807) is 0 Å². The minimum atomic E-state index is 0.0107. The van der Waals surface area contributed by atoms with Crippen molar-refractivity contribution in [3.05, 3.63) is 52.9 Å². The molecule has 2 heterocycles. The van der Waals surface area contributed by atoms with E-state index < -0.39 is 0 Å². The quantitative estimate of drug-likeness (QED) is 0.701. The van der Waals surface area contributed by atoms with Crippen molar-refractivity contribution in [2.75, 3.05) is 38.2 Å². The second kappa shape index (κ2) is 9.73. The molecule has 1 saturated carbocycles. The van der Waals surface area contributed by atoms with Gasteiger partial charge in [-0.2, -0.15) is 0 Å². The van der Waals surface area contributed by atoms with E-state index in [9.17, 15) is 9.59 Å². The molecule has 2 aromatic rings. The van der Waals surface area contributed by atoms with E-state index >= 15 is 0 Å². The molecule has 1 N–H and O–H groups in total. The number of anilines is 1. The van der Waals surface area contributed by atoms with Crippen molar-refractivity contribution in [3.63, 3.8) is 0 Å². The highest BCUT2D eigenvalue weighted by Gasteiger charge is 2.30. The summed E-state index contributed by atoms with van der Waals surface area (Å²) in [5, 5.41) is 3.70. The van der Waals surface area contributed by atoms with Crippen LogP contribution in [0.15, 0.2) is 42.5 Å². The van der Waals surface area contributed by atoms with E-state index in [-0.39, 0.29) is 23.8 Å². The Kier molecular flexibility index (Phi) is 6.82. The van der Waals surface area contributed by atoms with Crippen LogP contribution in [-0.4, -0.2) is 60.5 Å². The number of morpholine rings is 1. The highest BCUT2D eigenvalue weighted by molar-refractivity contribution is 7.18. The number of ether oxygens (including phenoxy) is 1. The number of benzene rings is 1. The van der Waals surface area contributed by atoms with Crippen LogP contribution >= 0.6 is 11.3 Å². The lowest BCUT2D eigenvalue weighted by atomic mass is 10.1. The van der Waals surface area contributed by atoms with Gasteiger partial charge in [0.25, 0.3) is 5.91 Å². The summed E-state index contributed by atoms with van der Waals surface area (Å²) in [5.74, 6) is 0.226. The first-order chi connectivity index (χ1) is 14.6. The number of carbonyl (C=O) groups is 2. The summed E-state index contributed by atoms with van der Waals surface area (Å²) in [6.07, 6.45) is 1.93. The molecule has 2 aliphatic rings. The van der Waals surface area contributed by atoms with Crippen LogP contribution in [0.3, 0.4) is 0 Å². The largest absolute Gasteiger partial charge is 0.379 e. The highest BCUT2D eigenvalue weighted by Crippen LogP contribution is 2.32. The Morgan fingerprint density at radius 1 is 1.17 bits per heavy atom. The normalized spacial score (nSPS) is 18.0. The Bertz CT molecular complexity index is 860. The zero-order valence-corrected chi connectivity index (χ0v) is 18.2. The minimum Gasteiger partial charge on any atom is -0.379 e. The molecule has 6 nitrogen and oxygen atoms in total. The Balaban J connectivity index is 1.47. The number of carbonyl (C=O) groups excluding carboxylic acids is 2. The maximum Gasteiger partial charge on any atom is 0.264 e. The van der Waals surface area contributed by atoms with E-state index in [0.29, 0.717) is 11.4 Å². The number of hydrogen-bond acceptors (Lipinski definition) is 5. The lowest BCUT2D eigenvalue weighted by molar-refractivity contribution is -0.117. The number of nitrogens with one attached hydrogen (secondary N) is 1. The molecule has 160 valence electrons. The third-order valence-corrected chi connectivity index (χ3v) is 6.61. The van der Waals surface area contributed by atoms with E-state index in [2.05, 4.69) is 29.3 Å². The molecule has 30 heavy (non-hydrogen) atoms. The van der Waals surface area contributed by atoms with Gasteiger partial charge in [-0.05, 0) is 37.5 Å². The Hall–Kier alpha value is -2.22. The van der Waals surface area contributed by atoms with Crippen LogP contribution in [0.1, 0.15) is 35.0 Å². The molecule has 0 bridgehead atoms. The minimum absolute atomic E-state index is 0.0107. The number of thiophene rings is 1. The van der Waals surface area contributed by atoms with Crippen molar-refractivity contribution in [3.8, 4) is 0 Å². The molecule has 4 rings (SSSR count). The molecule has 2 fully saturated rings. The van der Waals surface area contributed by atoms with Gasteiger partial charge in [0.05, 0.1) is 23.1 Å². The van der Waals surface area contributed by atoms with Gasteiger partial charge in [-0.15, -0.1) is 11.3 Å². The SMILES string of the molecule is CC(CN1CCOCC1)N(Cc1ccccc1)C(=O)c1ccc(NC(=O)C2CC2)s1. The summed E-state index contributed by atoms with van der Waals surface area (Å²) >= 11 is 1.36. The van der Waals surface area contributed by atoms with E-state index in [1.807, 2.05) is 35.2 Å². The lowest BCUT2D eigenvalue weighted by Crippen LogP contribution is -2.47. The van der Waals surface area contributed by atoms with E-state index in [4.69, 9.17) is 4.74 Å². The summed E-state index contributed by atoms with van der Waals surface area (Å²) in [6.45, 7) is 6.77. The van der Waals surface area contributed by atoms with Crippen molar-refractivity contribution in [1.29, 1.82) is 0 Å². The van der Waals surface area contributed by atoms with Gasteiger partial charge < -0.3 is 15.0 Å². The average Bonchev–Trinajstić information content (AvgIpc) is 3.52. The second-order valence-electron chi connectivity index (χ2n) is 8.11. The molecule has 1 aliphatic carbocycles. The average molecular weight is 428 g/mol. The second-order valence-corrected chi connectivity index (χ2v) is 9.19. The zero-order valence-electron chi connectivity index (χ0n) is 17.4. The maximum absolute atomic E-state index is 13.5. The number of rotatable bonds is 8. The molecule has 1 aromatic carbocycles. The third kappa shape index (κ3) is 5.47. The first kappa shape index (κ1) is 21.0. The molecule has 0 radical (unpaired) electrons. The molecule has 1 atom stereocenters. The predicted molar refractivity (Wildman–Crippen MR) is 119 cm³/mol. The molecule has 1 aliphatic heterocycles. The Morgan fingerprint density at radius 2 is 1.90 bits per heavy atom. The van der Waals surface area contributed by atoms with Crippen molar-refractivity contribution < 1.29 is 14.3 Å². The fourth-order valence-electron chi connectivity index (χ4n) is 3.69. The van der Waals surface area contributed by atoms with Gasteiger partial charge >= 0.3 is 0 Å². The fourth-order valence-corrected chi connectivity index (χ4v) is 4.56. The summed E-state index contributed by atoms with van der Waals surface area (Å²) in [6, 6.07) is 13.8. The van der Waals surface area contributed by atoms with Gasteiger partial charge in [0.2, 0.25) is 5.91 Å². The third-order valence-electron chi connectivity index (χ3n) is 5.63. The summed E-state index contributed by atoms with van der Waals surface area (Å²) in [4.78, 5) is 30.5. The standard InChI is InChI=1S/C23H29N3O3S/c1-17(15-25-11-13-29-14-12-25)26(16-18-5-3-2-4-6-18)23(28)20-9-10-21(30-20)24-22(27)19-7-8-19/h2-6,9-10,17,19H,7-8,11-16H2,1H3,(H,24,27). The molecule has 1 unspecified atom stereocenters. The molecular weight excluding hydrogens is 398 g/mol. The van der Waals surface area contributed by atoms with Crippen molar-refractivity contribution in [2.45, 2.75) is 32.4 Å². The van der Waals surface area contributed by atoms with Crippen LogP contribution in [0.5, 0.6) is 0 Å². The van der Waals surface area contributed by atoms with Crippen molar-refractivity contribution in [2.24, 2.45) is 5.92 Å². The Morgan fingerprint density at radius 3 is 2.60 bits per heavy atom. The monoisotopic (exact) mass is 427 g/mol. The summed E-state index contributed by atoms with van der Waals surface area (Å²) in [7, 11) is 0. The summed E-state index contributed by atoms with van der Waals surface area (Å²) in [5.41, 5.74) is 1.11. The smallest absolute Gasteiger partial charge is 0.264 e. The summed E-state index contributed by atoms with van der Waals surface area (Å²) < 4.78 is 5.45. The van der Waals surface area contributed by atoms with Gasteiger partial charge in [0.1, 0.15) is 0 Å². The van der Waals surface area contributed by atoms with Gasteiger partial charge in [-0.25, -0.2) is 0 Å². The van der Waals surface area contributed by atoms with Crippen LogP contribution < -0.4 is 5.32 Å². The van der Waals surface area contributed by atoms with Crippen LogP contribution in [0.4, 0.5) is 5.00 Å². The molecule has 2 amide bonds. The number of nitrogens with zero attached hydrogens (tertiary/aromatic N) is 2. The van der Waals surface area contributed by atoms with Crippen LogP contribution in [0.25, 0.3) is 0 Å². The van der Waals surface area contributed by atoms with Gasteiger partial charge in [-0.1, -0.05) is 30.3 Å². The molecule has 7 heteroatoms. The molecule has 1 saturated heterocycles. The lowest BCUT2D eigenvalue weighted by Gasteiger charge is -2.35. The first-order valence-corrected chi connectivity index (χ1v) is 11.5. The van der Waals surface area contributed by atoms with Crippen LogP contribution in [-0.2, 0) is 16.1 Å². The molecule has 0 spiro atoms. The van der Waals surface area contributed by atoms with Gasteiger partial charge in [0.15, 0.2) is 0 Å². The highest BCUT2D eigenvalue weighted by atomic mass is 32.1. The topological polar surface area (TPSA) is 61.9 Å². The van der Waals surface area contributed by atoms with E-state index in [0.717, 1.165) is 56.3 Å². The number of hydrogen-bond donors (Lipinski definition) is 1. The maximum atomic E-state index is 13.5. The fraction of sp³-hybridized carbons (Fsp3) is 0.478. The molecule has 1 aromatic heterocycles. The Labute approximate surface area is 181 Å². The predicted octanol–water partition coefficient (Wildman–Crippen LogP) is 3.46. The molecular formula is C23H29N3O3S. The van der Waals surface area contributed by atoms with Crippen LogP contribution in [0, 0.1) is 5.92 Å². The zero-order chi connectivity index (χ0) is 20.9. The first-order valence-electron chi connectivity index (χ1n) is 10.7. The number of amides is 2. The van der Waals surface area contributed by atoms with E-state index in [1.165, 1.54) is 11.3 Å². The van der Waals surface area contributed by atoms with Gasteiger partial charge in [-0.3, -0.25) is 14.5 Å². The van der Waals surface area contributed by atoms with Crippen LogP contribution in [0.2, 0.25) is 0 Å².